The molecule has 1 N–H and O–H groups in total. The maximum absolute atomic E-state index is 11.5. The van der Waals surface area contributed by atoms with Gasteiger partial charge in [0.25, 0.3) is 5.69 Å². The number of nitrogens with zero attached hydrogens (tertiary/aromatic N) is 3. The van der Waals surface area contributed by atoms with E-state index >= 15 is 0 Å². The van der Waals surface area contributed by atoms with Gasteiger partial charge >= 0.3 is 0 Å². The molecule has 0 spiro atoms. The minimum absolute atomic E-state index is 0.0567. The normalized spacial score (nSPS) is 14.8. The van der Waals surface area contributed by atoms with Gasteiger partial charge in [-0.2, -0.15) is 0 Å². The first-order valence-electron chi connectivity index (χ1n) is 8.21. The Morgan fingerprint density at radius 3 is 2.58 bits per heavy atom. The largest absolute Gasteiger partial charge is 0.506 e. The molecule has 3 rings (SSSR count). The topological polar surface area (TPSA) is 79.0 Å². The fraction of sp³-hybridized carbons (Fsp3) is 0.278. The van der Waals surface area contributed by atoms with Crippen LogP contribution in [0, 0.1) is 10.1 Å². The van der Waals surface area contributed by atoms with Crippen molar-refractivity contribution in [1.29, 1.82) is 0 Å². The van der Waals surface area contributed by atoms with Crippen molar-refractivity contribution in [2.75, 3.05) is 18.0 Å². The van der Waals surface area contributed by atoms with Crippen LogP contribution in [-0.4, -0.2) is 29.3 Å². The van der Waals surface area contributed by atoms with Crippen molar-refractivity contribution in [2.24, 2.45) is 4.99 Å². The first kappa shape index (κ1) is 18.8. The summed E-state index contributed by atoms with van der Waals surface area (Å²) >= 11 is 6.63. The zero-order chi connectivity index (χ0) is 18.7. The second-order valence-electron chi connectivity index (χ2n) is 6.06. The van der Waals surface area contributed by atoms with Crippen molar-refractivity contribution >= 4 is 55.1 Å². The molecule has 0 aliphatic carbocycles. The Morgan fingerprint density at radius 1 is 1.15 bits per heavy atom. The highest BCUT2D eigenvalue weighted by molar-refractivity contribution is 9.11. The number of phenolic OH excluding ortho intramolecular Hbond substituents is 1. The molecule has 1 aliphatic heterocycles. The van der Waals surface area contributed by atoms with Crippen LogP contribution in [0.25, 0.3) is 0 Å². The van der Waals surface area contributed by atoms with Crippen molar-refractivity contribution in [3.8, 4) is 5.75 Å². The zero-order valence-electron chi connectivity index (χ0n) is 13.9. The maximum Gasteiger partial charge on any atom is 0.294 e. The number of phenols is 1. The molecule has 136 valence electrons. The molecule has 0 atom stereocenters. The van der Waals surface area contributed by atoms with Crippen LogP contribution in [0.4, 0.5) is 17.1 Å². The lowest BCUT2D eigenvalue weighted by atomic mass is 10.1. The number of aliphatic imine (C=N–C) groups is 1. The van der Waals surface area contributed by atoms with Crippen molar-refractivity contribution in [2.45, 2.75) is 19.3 Å². The average Bonchev–Trinajstić information content (AvgIpc) is 2.64. The number of halogens is 2. The Balaban J connectivity index is 1.91. The Morgan fingerprint density at radius 2 is 1.88 bits per heavy atom. The molecule has 1 aliphatic rings. The highest BCUT2D eigenvalue weighted by Crippen LogP contribution is 2.34. The van der Waals surface area contributed by atoms with Gasteiger partial charge in [0.2, 0.25) is 0 Å². The summed E-state index contributed by atoms with van der Waals surface area (Å²) in [7, 11) is 0. The van der Waals surface area contributed by atoms with Gasteiger partial charge < -0.3 is 10.0 Å². The van der Waals surface area contributed by atoms with Gasteiger partial charge in [-0.1, -0.05) is 15.9 Å². The summed E-state index contributed by atoms with van der Waals surface area (Å²) < 4.78 is 1.33. The summed E-state index contributed by atoms with van der Waals surface area (Å²) in [6.07, 6.45) is 4.75. The second kappa shape index (κ2) is 8.18. The molecule has 6 nitrogen and oxygen atoms in total. The fourth-order valence-corrected chi connectivity index (χ4v) is 4.23. The van der Waals surface area contributed by atoms with Crippen molar-refractivity contribution in [3.05, 3.63) is 55.0 Å². The third-order valence-electron chi connectivity index (χ3n) is 4.26. The first-order valence-corrected chi connectivity index (χ1v) is 9.80. The van der Waals surface area contributed by atoms with Gasteiger partial charge in [-0.15, -0.1) is 0 Å². The molecule has 0 radical (unpaired) electrons. The summed E-state index contributed by atoms with van der Waals surface area (Å²) in [5.41, 5.74) is 1.67. The molecule has 0 unspecified atom stereocenters. The number of anilines is 1. The Labute approximate surface area is 168 Å². The number of benzene rings is 2. The number of nitro groups is 1. The number of hydrogen-bond donors (Lipinski definition) is 1. The van der Waals surface area contributed by atoms with E-state index in [1.54, 1.807) is 24.3 Å². The summed E-state index contributed by atoms with van der Waals surface area (Å²) in [5.74, 6) is 0.0661. The van der Waals surface area contributed by atoms with Crippen LogP contribution in [0.1, 0.15) is 24.8 Å². The highest BCUT2D eigenvalue weighted by Gasteiger charge is 2.21. The van der Waals surface area contributed by atoms with Gasteiger partial charge in [-0.05, 0) is 59.5 Å². The lowest BCUT2D eigenvalue weighted by molar-refractivity contribution is -0.384. The van der Waals surface area contributed by atoms with Gasteiger partial charge in [-0.25, -0.2) is 0 Å². The van der Waals surface area contributed by atoms with Gasteiger partial charge in [-0.3, -0.25) is 15.1 Å². The van der Waals surface area contributed by atoms with E-state index in [2.05, 4.69) is 41.8 Å². The molecule has 2 aromatic carbocycles. The molecule has 8 heteroatoms. The molecule has 0 saturated carbocycles. The number of piperidine rings is 1. The second-order valence-corrected chi connectivity index (χ2v) is 7.83. The molecular weight excluding hydrogens is 466 g/mol. The molecule has 1 heterocycles. The van der Waals surface area contributed by atoms with E-state index in [-0.39, 0.29) is 16.4 Å². The molecule has 1 fully saturated rings. The van der Waals surface area contributed by atoms with Gasteiger partial charge in [0, 0.05) is 35.4 Å². The van der Waals surface area contributed by atoms with Crippen LogP contribution in [0.5, 0.6) is 5.75 Å². The van der Waals surface area contributed by atoms with E-state index in [1.165, 1.54) is 18.7 Å². The minimum atomic E-state index is -0.365. The minimum Gasteiger partial charge on any atom is -0.506 e. The van der Waals surface area contributed by atoms with Crippen LogP contribution >= 0.6 is 31.9 Å². The number of nitro benzene ring substituents is 1. The smallest absolute Gasteiger partial charge is 0.294 e. The molecule has 2 aromatic rings. The number of aromatic hydroxyl groups is 1. The molecule has 26 heavy (non-hydrogen) atoms. The number of hydrogen-bond acceptors (Lipinski definition) is 5. The van der Waals surface area contributed by atoms with E-state index in [1.807, 2.05) is 0 Å². The van der Waals surface area contributed by atoms with Gasteiger partial charge in [0.15, 0.2) is 0 Å². The molecule has 0 bridgehead atoms. The Hall–Kier alpha value is -1.93. The van der Waals surface area contributed by atoms with E-state index < -0.39 is 0 Å². The predicted octanol–water partition coefficient (Wildman–Crippen LogP) is 5.57. The Bertz CT molecular complexity index is 865. The van der Waals surface area contributed by atoms with Crippen molar-refractivity contribution in [1.82, 2.24) is 0 Å². The van der Waals surface area contributed by atoms with E-state index in [9.17, 15) is 15.2 Å². The van der Waals surface area contributed by atoms with E-state index in [4.69, 9.17) is 0 Å². The van der Waals surface area contributed by atoms with Gasteiger partial charge in [0.1, 0.15) is 11.4 Å². The molecule has 1 saturated heterocycles. The predicted molar refractivity (Wildman–Crippen MR) is 110 cm³/mol. The standard InChI is InChI=1S/C18H17Br2N3O3/c19-13-8-12(18(24)15(20)9-13)11-21-14-4-5-16(17(10-14)23(25)26)22-6-2-1-3-7-22/h4-5,8-11,24H,1-3,6-7H2. The van der Waals surface area contributed by atoms with Crippen LogP contribution < -0.4 is 4.90 Å². The third-order valence-corrected chi connectivity index (χ3v) is 5.33. The lowest BCUT2D eigenvalue weighted by Gasteiger charge is -2.28. The fourth-order valence-electron chi connectivity index (χ4n) is 2.97. The molecule has 0 amide bonds. The van der Waals surface area contributed by atoms with E-state index in [0.717, 1.165) is 30.4 Å². The van der Waals surface area contributed by atoms with Crippen LogP contribution in [0.3, 0.4) is 0 Å². The van der Waals surface area contributed by atoms with Gasteiger partial charge in [0.05, 0.1) is 15.1 Å². The Kier molecular flexibility index (Phi) is 5.93. The third kappa shape index (κ3) is 4.24. The average molecular weight is 483 g/mol. The first-order chi connectivity index (χ1) is 12.5. The summed E-state index contributed by atoms with van der Waals surface area (Å²) in [6, 6.07) is 8.44. The summed E-state index contributed by atoms with van der Waals surface area (Å²) in [5, 5.41) is 21.6. The molecule has 0 aromatic heterocycles. The molecular formula is C18H17Br2N3O3. The maximum atomic E-state index is 11.5. The van der Waals surface area contributed by atoms with Crippen LogP contribution in [0.2, 0.25) is 0 Å². The number of rotatable bonds is 4. The summed E-state index contributed by atoms with van der Waals surface area (Å²) in [6.45, 7) is 1.67. The highest BCUT2D eigenvalue weighted by atomic mass is 79.9. The SMILES string of the molecule is O=[N+]([O-])c1cc(N=Cc2cc(Br)cc(Br)c2O)ccc1N1CCCCC1. The van der Waals surface area contributed by atoms with Crippen LogP contribution in [0.15, 0.2) is 44.3 Å². The van der Waals surface area contributed by atoms with Crippen LogP contribution in [-0.2, 0) is 0 Å². The zero-order valence-corrected chi connectivity index (χ0v) is 17.0. The van der Waals surface area contributed by atoms with E-state index in [0.29, 0.717) is 21.4 Å². The van der Waals surface area contributed by atoms with Crippen molar-refractivity contribution < 1.29 is 10.0 Å². The monoisotopic (exact) mass is 481 g/mol. The van der Waals surface area contributed by atoms with Crippen molar-refractivity contribution in [3.63, 3.8) is 0 Å². The summed E-state index contributed by atoms with van der Waals surface area (Å²) in [4.78, 5) is 17.5. The quantitative estimate of drug-likeness (QED) is 0.351. The lowest BCUT2D eigenvalue weighted by Crippen LogP contribution is -2.29.